The molecular weight excluding hydrogens is 290 g/mol. The van der Waals surface area contributed by atoms with Gasteiger partial charge in [-0.25, -0.2) is 8.78 Å². The zero-order valence-corrected chi connectivity index (χ0v) is 10.3. The Kier molecular flexibility index (Phi) is 3.28. The van der Waals surface area contributed by atoms with Gasteiger partial charge < -0.3 is 11.1 Å². The monoisotopic (exact) mass is 298 g/mol. The van der Waals surface area contributed by atoms with Crippen LogP contribution in [0.15, 0.2) is 40.9 Å². The molecule has 0 unspecified atom stereocenters. The molecule has 0 spiro atoms. The Morgan fingerprint density at radius 1 is 1.00 bits per heavy atom. The number of hydrogen-bond donors (Lipinski definition) is 2. The van der Waals surface area contributed by atoms with Gasteiger partial charge in [0.2, 0.25) is 0 Å². The molecular formula is C12H9BrF2N2. The van der Waals surface area contributed by atoms with Crippen LogP contribution < -0.4 is 11.1 Å². The Morgan fingerprint density at radius 3 is 2.29 bits per heavy atom. The van der Waals surface area contributed by atoms with Gasteiger partial charge in [-0.2, -0.15) is 0 Å². The van der Waals surface area contributed by atoms with Crippen LogP contribution in [0.25, 0.3) is 0 Å². The third-order valence-corrected chi connectivity index (χ3v) is 2.81. The average molecular weight is 299 g/mol. The van der Waals surface area contributed by atoms with Crippen LogP contribution in [0.3, 0.4) is 0 Å². The van der Waals surface area contributed by atoms with Crippen molar-refractivity contribution in [3.05, 3.63) is 52.5 Å². The van der Waals surface area contributed by atoms with E-state index >= 15 is 0 Å². The maximum atomic E-state index is 13.4. The first-order chi connectivity index (χ1) is 8.06. The summed E-state index contributed by atoms with van der Waals surface area (Å²) in [5, 5.41) is 2.84. The molecule has 2 nitrogen and oxygen atoms in total. The number of nitrogens with two attached hydrogens (primary N) is 1. The summed E-state index contributed by atoms with van der Waals surface area (Å²) in [6.45, 7) is 0. The Hall–Kier alpha value is -1.62. The third kappa shape index (κ3) is 2.74. The van der Waals surface area contributed by atoms with Crippen molar-refractivity contribution in [2.24, 2.45) is 0 Å². The third-order valence-electron chi connectivity index (χ3n) is 2.20. The van der Waals surface area contributed by atoms with Crippen LogP contribution >= 0.6 is 15.9 Å². The molecule has 0 saturated carbocycles. The van der Waals surface area contributed by atoms with Crippen LogP contribution in [0.1, 0.15) is 0 Å². The van der Waals surface area contributed by atoms with Crippen molar-refractivity contribution in [1.29, 1.82) is 0 Å². The van der Waals surface area contributed by atoms with E-state index in [1.54, 1.807) is 24.3 Å². The molecule has 2 rings (SSSR count). The minimum absolute atomic E-state index is 0.197. The van der Waals surface area contributed by atoms with Crippen molar-refractivity contribution >= 4 is 33.0 Å². The van der Waals surface area contributed by atoms with Crippen LogP contribution in [0.2, 0.25) is 0 Å². The Bertz CT molecular complexity index is 541. The molecule has 0 fully saturated rings. The zero-order chi connectivity index (χ0) is 12.4. The van der Waals surface area contributed by atoms with Crippen molar-refractivity contribution in [2.45, 2.75) is 0 Å². The SMILES string of the molecule is Nc1ccc(Nc2cc(Br)c(F)cc2F)cc1. The maximum absolute atomic E-state index is 13.4. The number of halogens is 3. The molecule has 2 aromatic carbocycles. The van der Waals surface area contributed by atoms with Gasteiger partial charge in [0, 0.05) is 17.4 Å². The van der Waals surface area contributed by atoms with E-state index in [0.29, 0.717) is 11.4 Å². The molecule has 0 aliphatic rings. The summed E-state index contributed by atoms with van der Waals surface area (Å²) in [4.78, 5) is 0. The molecule has 0 bridgehead atoms. The van der Waals surface area contributed by atoms with Gasteiger partial charge in [0.05, 0.1) is 10.2 Å². The van der Waals surface area contributed by atoms with Crippen LogP contribution in [-0.2, 0) is 0 Å². The van der Waals surface area contributed by atoms with E-state index in [0.717, 1.165) is 6.07 Å². The highest BCUT2D eigenvalue weighted by Gasteiger charge is 2.08. The smallest absolute Gasteiger partial charge is 0.149 e. The number of nitrogens with one attached hydrogen (secondary N) is 1. The number of benzene rings is 2. The lowest BCUT2D eigenvalue weighted by atomic mass is 10.2. The van der Waals surface area contributed by atoms with Gasteiger partial charge in [-0.15, -0.1) is 0 Å². The molecule has 17 heavy (non-hydrogen) atoms. The summed E-state index contributed by atoms with van der Waals surface area (Å²) in [7, 11) is 0. The van der Waals surface area contributed by atoms with Crippen molar-refractivity contribution in [3.63, 3.8) is 0 Å². The molecule has 3 N–H and O–H groups in total. The Balaban J connectivity index is 2.30. The predicted molar refractivity (Wildman–Crippen MR) is 68.2 cm³/mol. The van der Waals surface area contributed by atoms with E-state index in [-0.39, 0.29) is 10.2 Å². The van der Waals surface area contributed by atoms with Gasteiger partial charge in [-0.3, -0.25) is 0 Å². The van der Waals surface area contributed by atoms with Crippen LogP contribution in [0.4, 0.5) is 25.8 Å². The van der Waals surface area contributed by atoms with Crippen molar-refractivity contribution in [3.8, 4) is 0 Å². The fourth-order valence-electron chi connectivity index (χ4n) is 1.34. The molecule has 0 atom stereocenters. The summed E-state index contributed by atoms with van der Waals surface area (Å²) in [5.41, 5.74) is 7.03. The van der Waals surface area contributed by atoms with Crippen LogP contribution in [0.5, 0.6) is 0 Å². The highest BCUT2D eigenvalue weighted by Crippen LogP contribution is 2.26. The van der Waals surface area contributed by atoms with Gasteiger partial charge in [-0.05, 0) is 46.3 Å². The fourth-order valence-corrected chi connectivity index (χ4v) is 1.68. The van der Waals surface area contributed by atoms with E-state index in [1.807, 2.05) is 0 Å². The van der Waals surface area contributed by atoms with Crippen molar-refractivity contribution < 1.29 is 8.78 Å². The molecule has 2 aromatic rings. The van der Waals surface area contributed by atoms with Gasteiger partial charge in [0.25, 0.3) is 0 Å². The zero-order valence-electron chi connectivity index (χ0n) is 8.68. The standard InChI is InChI=1S/C12H9BrF2N2/c13-9-5-12(11(15)6-10(9)14)17-8-3-1-7(16)2-4-8/h1-6,17H,16H2. The molecule has 0 aromatic heterocycles. The first-order valence-corrected chi connectivity index (χ1v) is 5.62. The quantitative estimate of drug-likeness (QED) is 0.648. The highest BCUT2D eigenvalue weighted by atomic mass is 79.9. The molecule has 0 aliphatic heterocycles. The van der Waals surface area contributed by atoms with Gasteiger partial charge >= 0.3 is 0 Å². The first kappa shape index (κ1) is 11.9. The predicted octanol–water partition coefficient (Wildman–Crippen LogP) is 4.05. The van der Waals surface area contributed by atoms with Gasteiger partial charge in [-0.1, -0.05) is 0 Å². The molecule has 88 valence electrons. The van der Waals surface area contributed by atoms with Gasteiger partial charge in [0.1, 0.15) is 11.6 Å². The number of hydrogen-bond acceptors (Lipinski definition) is 2. The van der Waals surface area contributed by atoms with E-state index in [4.69, 9.17) is 5.73 Å². The topological polar surface area (TPSA) is 38.0 Å². The van der Waals surface area contributed by atoms with E-state index in [2.05, 4.69) is 21.2 Å². The minimum Gasteiger partial charge on any atom is -0.399 e. The summed E-state index contributed by atoms with van der Waals surface area (Å²) in [6.07, 6.45) is 0. The average Bonchev–Trinajstić information content (AvgIpc) is 2.29. The largest absolute Gasteiger partial charge is 0.399 e. The molecule has 0 amide bonds. The number of rotatable bonds is 2. The second kappa shape index (κ2) is 4.71. The normalized spacial score (nSPS) is 10.3. The summed E-state index contributed by atoms with van der Waals surface area (Å²) >= 11 is 3.00. The highest BCUT2D eigenvalue weighted by molar-refractivity contribution is 9.10. The second-order valence-electron chi connectivity index (χ2n) is 3.49. The van der Waals surface area contributed by atoms with E-state index in [9.17, 15) is 8.78 Å². The summed E-state index contributed by atoms with van der Waals surface area (Å²) < 4.78 is 26.7. The molecule has 0 aliphatic carbocycles. The number of nitrogen functional groups attached to an aromatic ring is 1. The summed E-state index contributed by atoms with van der Waals surface area (Å²) in [6, 6.07) is 8.99. The van der Waals surface area contributed by atoms with Crippen LogP contribution in [-0.4, -0.2) is 0 Å². The van der Waals surface area contributed by atoms with Crippen LogP contribution in [0, 0.1) is 11.6 Å². The van der Waals surface area contributed by atoms with Gasteiger partial charge in [0.15, 0.2) is 0 Å². The van der Waals surface area contributed by atoms with E-state index in [1.165, 1.54) is 6.07 Å². The lowest BCUT2D eigenvalue weighted by Crippen LogP contribution is -1.95. The number of anilines is 3. The van der Waals surface area contributed by atoms with Crippen molar-refractivity contribution in [2.75, 3.05) is 11.1 Å². The molecule has 5 heteroatoms. The second-order valence-corrected chi connectivity index (χ2v) is 4.35. The fraction of sp³-hybridized carbons (Fsp3) is 0. The molecule has 0 saturated heterocycles. The first-order valence-electron chi connectivity index (χ1n) is 4.83. The van der Waals surface area contributed by atoms with E-state index < -0.39 is 11.6 Å². The lowest BCUT2D eigenvalue weighted by molar-refractivity contribution is 0.581. The Labute approximate surface area is 106 Å². The Morgan fingerprint density at radius 2 is 1.65 bits per heavy atom. The minimum atomic E-state index is -0.650. The summed E-state index contributed by atoms with van der Waals surface area (Å²) in [5.74, 6) is -1.28. The maximum Gasteiger partial charge on any atom is 0.149 e. The molecule has 0 radical (unpaired) electrons. The van der Waals surface area contributed by atoms with Crippen molar-refractivity contribution in [1.82, 2.24) is 0 Å². The molecule has 0 heterocycles. The lowest BCUT2D eigenvalue weighted by Gasteiger charge is -2.08.